The van der Waals surface area contributed by atoms with E-state index in [1.807, 2.05) is 0 Å². The first-order valence-corrected chi connectivity index (χ1v) is 4.70. The van der Waals surface area contributed by atoms with E-state index in [2.05, 4.69) is 15.0 Å². The van der Waals surface area contributed by atoms with Gasteiger partial charge in [0, 0.05) is 12.4 Å². The summed E-state index contributed by atoms with van der Waals surface area (Å²) in [4.78, 5) is 25.6. The lowest BCUT2D eigenvalue weighted by Gasteiger charge is -2.11. The Hall–Kier alpha value is -1.78. The van der Waals surface area contributed by atoms with Crippen molar-refractivity contribution in [2.45, 2.75) is 13.3 Å². The first kappa shape index (κ1) is 11.3. The van der Waals surface area contributed by atoms with Crippen molar-refractivity contribution in [3.8, 4) is 0 Å². The molecule has 0 bridgehead atoms. The molecule has 0 aliphatic carbocycles. The van der Waals surface area contributed by atoms with E-state index in [9.17, 15) is 9.59 Å². The van der Waals surface area contributed by atoms with Crippen molar-refractivity contribution in [3.05, 3.63) is 18.5 Å². The molecule has 1 amide bonds. The molecule has 5 nitrogen and oxygen atoms in total. The maximum absolute atomic E-state index is 11.6. The summed E-state index contributed by atoms with van der Waals surface area (Å²) in [6.07, 6.45) is 3.75. The van der Waals surface area contributed by atoms with Crippen LogP contribution in [0, 0.1) is 5.92 Å². The Balaban J connectivity index is 2.62. The van der Waals surface area contributed by atoms with Crippen LogP contribution >= 0.6 is 0 Å². The fraction of sp³-hybridized carbons (Fsp3) is 0.400. The van der Waals surface area contributed by atoms with Crippen molar-refractivity contribution < 1.29 is 14.3 Å². The van der Waals surface area contributed by atoms with E-state index in [0.29, 0.717) is 12.1 Å². The number of esters is 1. The zero-order valence-corrected chi connectivity index (χ0v) is 8.74. The lowest BCUT2D eigenvalue weighted by atomic mass is 10.1. The smallest absolute Gasteiger partial charge is 0.318 e. The van der Waals surface area contributed by atoms with Gasteiger partial charge in [-0.1, -0.05) is 6.92 Å². The minimum atomic E-state index is -0.745. The molecule has 0 saturated heterocycles. The van der Waals surface area contributed by atoms with E-state index in [-0.39, 0.29) is 5.91 Å². The van der Waals surface area contributed by atoms with Crippen LogP contribution < -0.4 is 5.32 Å². The average Bonchev–Trinajstić information content (AvgIpc) is 2.71. The molecule has 0 saturated carbocycles. The quantitative estimate of drug-likeness (QED) is 0.578. The second-order valence-electron chi connectivity index (χ2n) is 3.07. The van der Waals surface area contributed by atoms with Crippen LogP contribution in [0.2, 0.25) is 0 Å². The fourth-order valence-electron chi connectivity index (χ4n) is 1.23. The van der Waals surface area contributed by atoms with Crippen LogP contribution in [0.4, 0.5) is 5.69 Å². The van der Waals surface area contributed by atoms with Gasteiger partial charge in [0.2, 0.25) is 5.91 Å². The predicted octanol–water partition coefficient (Wildman–Crippen LogP) is 1.15. The van der Waals surface area contributed by atoms with Gasteiger partial charge in [0.15, 0.2) is 0 Å². The molecule has 82 valence electrons. The molecule has 1 atom stereocenters. The summed E-state index contributed by atoms with van der Waals surface area (Å²) < 4.78 is 4.54. The van der Waals surface area contributed by atoms with Crippen molar-refractivity contribution in [2.75, 3.05) is 12.4 Å². The van der Waals surface area contributed by atoms with Gasteiger partial charge in [0.1, 0.15) is 5.92 Å². The molecule has 0 radical (unpaired) electrons. The summed E-state index contributed by atoms with van der Waals surface area (Å²) in [5, 5.41) is 2.62. The average molecular weight is 210 g/mol. The number of carbonyl (C=O) groups excluding carboxylic acids is 2. The van der Waals surface area contributed by atoms with Crippen LogP contribution in [0.5, 0.6) is 0 Å². The Morgan fingerprint density at radius 3 is 2.80 bits per heavy atom. The molecule has 1 heterocycles. The van der Waals surface area contributed by atoms with Crippen molar-refractivity contribution >= 4 is 17.6 Å². The van der Waals surface area contributed by atoms with Crippen LogP contribution in [-0.4, -0.2) is 24.0 Å². The number of ether oxygens (including phenoxy) is 1. The first-order valence-electron chi connectivity index (χ1n) is 4.70. The van der Waals surface area contributed by atoms with Gasteiger partial charge in [-0.3, -0.25) is 9.59 Å². The van der Waals surface area contributed by atoms with Gasteiger partial charge < -0.3 is 15.0 Å². The Morgan fingerprint density at radius 2 is 2.33 bits per heavy atom. The summed E-state index contributed by atoms with van der Waals surface area (Å²) in [7, 11) is 1.27. The van der Waals surface area contributed by atoms with Gasteiger partial charge in [0.25, 0.3) is 0 Å². The summed E-state index contributed by atoms with van der Waals surface area (Å²) in [5.74, 6) is -1.60. The highest BCUT2D eigenvalue weighted by molar-refractivity contribution is 6.04. The lowest BCUT2D eigenvalue weighted by molar-refractivity contribution is -0.148. The molecule has 0 aliphatic rings. The van der Waals surface area contributed by atoms with E-state index < -0.39 is 11.9 Å². The minimum Gasteiger partial charge on any atom is -0.468 e. The number of carbonyl (C=O) groups is 2. The highest BCUT2D eigenvalue weighted by Gasteiger charge is 2.25. The predicted molar refractivity (Wildman–Crippen MR) is 55.2 cm³/mol. The number of aromatic nitrogens is 1. The molecule has 0 spiro atoms. The molecule has 0 aliphatic heterocycles. The Morgan fingerprint density at radius 1 is 1.60 bits per heavy atom. The summed E-state index contributed by atoms with van der Waals surface area (Å²) in [6.45, 7) is 1.76. The SMILES string of the molecule is CCC(C(=O)Nc1cc[nH]c1)C(=O)OC. The molecule has 1 aromatic heterocycles. The highest BCUT2D eigenvalue weighted by Crippen LogP contribution is 2.10. The molecule has 2 N–H and O–H groups in total. The molecule has 1 rings (SSSR count). The van der Waals surface area contributed by atoms with Gasteiger partial charge in [0.05, 0.1) is 12.8 Å². The highest BCUT2D eigenvalue weighted by atomic mass is 16.5. The second kappa shape index (κ2) is 5.19. The Kier molecular flexibility index (Phi) is 3.91. The maximum atomic E-state index is 11.6. The minimum absolute atomic E-state index is 0.344. The molecule has 1 unspecified atom stereocenters. The summed E-state index contributed by atoms with van der Waals surface area (Å²) in [6, 6.07) is 1.71. The van der Waals surface area contributed by atoms with E-state index >= 15 is 0 Å². The zero-order valence-electron chi connectivity index (χ0n) is 8.74. The van der Waals surface area contributed by atoms with Gasteiger partial charge in [-0.15, -0.1) is 0 Å². The number of hydrogen-bond donors (Lipinski definition) is 2. The van der Waals surface area contributed by atoms with Gasteiger partial charge in [-0.25, -0.2) is 0 Å². The summed E-state index contributed by atoms with van der Waals surface area (Å²) >= 11 is 0. The standard InChI is InChI=1S/C10H14N2O3/c1-3-8(10(14)15-2)9(13)12-7-4-5-11-6-7/h4-6,8,11H,3H2,1-2H3,(H,12,13). The van der Waals surface area contributed by atoms with Gasteiger partial charge in [-0.05, 0) is 12.5 Å². The molecular weight excluding hydrogens is 196 g/mol. The van der Waals surface area contributed by atoms with Crippen molar-refractivity contribution in [1.29, 1.82) is 0 Å². The molecule has 1 aromatic rings. The third-order valence-electron chi connectivity index (χ3n) is 2.08. The van der Waals surface area contributed by atoms with Crippen molar-refractivity contribution in [3.63, 3.8) is 0 Å². The van der Waals surface area contributed by atoms with Gasteiger partial charge >= 0.3 is 5.97 Å². The van der Waals surface area contributed by atoms with E-state index in [1.165, 1.54) is 7.11 Å². The zero-order chi connectivity index (χ0) is 11.3. The number of rotatable bonds is 4. The van der Waals surface area contributed by atoms with Crippen LogP contribution in [0.3, 0.4) is 0 Å². The molecular formula is C10H14N2O3. The lowest BCUT2D eigenvalue weighted by Crippen LogP contribution is -2.29. The number of methoxy groups -OCH3 is 1. The monoisotopic (exact) mass is 210 g/mol. The summed E-state index contributed by atoms with van der Waals surface area (Å²) in [5.41, 5.74) is 0.641. The van der Waals surface area contributed by atoms with Crippen LogP contribution in [0.1, 0.15) is 13.3 Å². The molecule has 0 fully saturated rings. The number of nitrogens with one attached hydrogen (secondary N) is 2. The number of anilines is 1. The van der Waals surface area contributed by atoms with Crippen LogP contribution in [0.15, 0.2) is 18.5 Å². The van der Waals surface area contributed by atoms with Crippen LogP contribution in [-0.2, 0) is 14.3 Å². The maximum Gasteiger partial charge on any atom is 0.318 e. The van der Waals surface area contributed by atoms with Crippen LogP contribution in [0.25, 0.3) is 0 Å². The fourth-order valence-corrected chi connectivity index (χ4v) is 1.23. The molecule has 5 heteroatoms. The van der Waals surface area contributed by atoms with E-state index in [0.717, 1.165) is 0 Å². The van der Waals surface area contributed by atoms with E-state index in [1.54, 1.807) is 25.4 Å². The number of aromatic amines is 1. The number of H-pyrrole nitrogens is 1. The first-order chi connectivity index (χ1) is 7.19. The molecule has 15 heavy (non-hydrogen) atoms. The van der Waals surface area contributed by atoms with Gasteiger partial charge in [-0.2, -0.15) is 0 Å². The van der Waals surface area contributed by atoms with Crippen molar-refractivity contribution in [2.24, 2.45) is 5.92 Å². The largest absolute Gasteiger partial charge is 0.468 e. The molecule has 0 aromatic carbocycles. The van der Waals surface area contributed by atoms with E-state index in [4.69, 9.17) is 0 Å². The number of amides is 1. The third-order valence-corrected chi connectivity index (χ3v) is 2.08. The topological polar surface area (TPSA) is 71.2 Å². The number of hydrogen-bond acceptors (Lipinski definition) is 3. The second-order valence-corrected chi connectivity index (χ2v) is 3.07. The Labute approximate surface area is 87.8 Å². The third kappa shape index (κ3) is 2.83. The Bertz CT molecular complexity index is 332. The van der Waals surface area contributed by atoms with Crippen molar-refractivity contribution in [1.82, 2.24) is 4.98 Å². The normalized spacial score (nSPS) is 11.9.